The summed E-state index contributed by atoms with van der Waals surface area (Å²) in [4.78, 5) is 3.20. The predicted molar refractivity (Wildman–Crippen MR) is 75.2 cm³/mol. The van der Waals surface area contributed by atoms with Gasteiger partial charge in [0.25, 0.3) is 0 Å². The fraction of sp³-hybridized carbons (Fsp3) is 0.125. The molecular formula is C16H15FN2. The van der Waals surface area contributed by atoms with E-state index < -0.39 is 0 Å². The molecule has 0 radical (unpaired) electrons. The van der Waals surface area contributed by atoms with Gasteiger partial charge in [-0.1, -0.05) is 24.3 Å². The van der Waals surface area contributed by atoms with E-state index in [9.17, 15) is 4.39 Å². The van der Waals surface area contributed by atoms with Crippen LogP contribution in [-0.2, 0) is 13.1 Å². The maximum Gasteiger partial charge on any atom is 0.123 e. The molecule has 3 aromatic rings. The number of H-pyrrole nitrogens is 1. The number of nitrogens with one attached hydrogen (secondary N) is 2. The second-order valence-corrected chi connectivity index (χ2v) is 4.59. The van der Waals surface area contributed by atoms with Gasteiger partial charge in [-0.3, -0.25) is 0 Å². The number of hydrogen-bond donors (Lipinski definition) is 2. The van der Waals surface area contributed by atoms with Crippen molar-refractivity contribution in [3.8, 4) is 0 Å². The summed E-state index contributed by atoms with van der Waals surface area (Å²) in [5.74, 6) is -0.194. The molecule has 2 aromatic carbocycles. The third-order valence-corrected chi connectivity index (χ3v) is 3.24. The average Bonchev–Trinajstić information content (AvgIpc) is 2.90. The summed E-state index contributed by atoms with van der Waals surface area (Å²) >= 11 is 0. The first-order valence-corrected chi connectivity index (χ1v) is 6.33. The van der Waals surface area contributed by atoms with Gasteiger partial charge >= 0.3 is 0 Å². The van der Waals surface area contributed by atoms with E-state index in [0.717, 1.165) is 24.2 Å². The third-order valence-electron chi connectivity index (χ3n) is 3.24. The first kappa shape index (κ1) is 11.9. The molecule has 19 heavy (non-hydrogen) atoms. The average molecular weight is 254 g/mol. The standard InChI is InChI=1S/C16H15FN2/c17-14-6-4-12(5-7-14)10-18-11-13-2-1-3-16-15(13)8-9-19-16/h1-9,18-19H,10-11H2. The number of halogens is 1. The highest BCUT2D eigenvalue weighted by Gasteiger charge is 2.01. The molecule has 1 heterocycles. The van der Waals surface area contributed by atoms with Crippen LogP contribution in [0.25, 0.3) is 10.9 Å². The molecule has 0 bridgehead atoms. The van der Waals surface area contributed by atoms with Gasteiger partial charge in [-0.15, -0.1) is 0 Å². The van der Waals surface area contributed by atoms with Crippen molar-refractivity contribution in [2.75, 3.05) is 0 Å². The molecule has 0 unspecified atom stereocenters. The quantitative estimate of drug-likeness (QED) is 0.731. The van der Waals surface area contributed by atoms with Gasteiger partial charge in [0, 0.05) is 30.2 Å². The third kappa shape index (κ3) is 2.66. The molecule has 0 aliphatic carbocycles. The lowest BCUT2D eigenvalue weighted by atomic mass is 10.1. The molecule has 0 amide bonds. The van der Waals surface area contributed by atoms with Crippen molar-refractivity contribution in [3.05, 3.63) is 71.7 Å². The highest BCUT2D eigenvalue weighted by atomic mass is 19.1. The van der Waals surface area contributed by atoms with E-state index in [1.54, 1.807) is 12.1 Å². The number of aromatic amines is 1. The molecule has 3 rings (SSSR count). The number of hydrogen-bond acceptors (Lipinski definition) is 1. The Balaban J connectivity index is 1.66. The maximum atomic E-state index is 12.8. The zero-order chi connectivity index (χ0) is 13.1. The lowest BCUT2D eigenvalue weighted by molar-refractivity contribution is 0.625. The lowest BCUT2D eigenvalue weighted by Gasteiger charge is -2.06. The van der Waals surface area contributed by atoms with Crippen LogP contribution in [0, 0.1) is 5.82 Å². The van der Waals surface area contributed by atoms with Crippen molar-refractivity contribution in [2.45, 2.75) is 13.1 Å². The molecular weight excluding hydrogens is 239 g/mol. The van der Waals surface area contributed by atoms with Crippen molar-refractivity contribution in [2.24, 2.45) is 0 Å². The van der Waals surface area contributed by atoms with E-state index in [2.05, 4.69) is 28.5 Å². The molecule has 0 spiro atoms. The molecule has 0 fully saturated rings. The van der Waals surface area contributed by atoms with Gasteiger partial charge < -0.3 is 10.3 Å². The molecule has 2 N–H and O–H groups in total. The molecule has 0 saturated carbocycles. The summed E-state index contributed by atoms with van der Waals surface area (Å²) < 4.78 is 12.8. The minimum Gasteiger partial charge on any atom is -0.361 e. The van der Waals surface area contributed by atoms with Crippen LogP contribution in [0.2, 0.25) is 0 Å². The summed E-state index contributed by atoms with van der Waals surface area (Å²) in [7, 11) is 0. The van der Waals surface area contributed by atoms with E-state index in [4.69, 9.17) is 0 Å². The minimum absolute atomic E-state index is 0.194. The van der Waals surface area contributed by atoms with E-state index in [1.165, 1.54) is 23.1 Å². The van der Waals surface area contributed by atoms with Crippen molar-refractivity contribution in [1.82, 2.24) is 10.3 Å². The normalized spacial score (nSPS) is 11.0. The summed E-state index contributed by atoms with van der Waals surface area (Å²) in [5, 5.41) is 4.63. The Morgan fingerprint density at radius 3 is 2.63 bits per heavy atom. The highest BCUT2D eigenvalue weighted by molar-refractivity contribution is 5.82. The molecule has 1 aromatic heterocycles. The Kier molecular flexibility index (Phi) is 3.29. The zero-order valence-corrected chi connectivity index (χ0v) is 10.5. The Bertz CT molecular complexity index is 671. The van der Waals surface area contributed by atoms with Gasteiger partial charge in [0.2, 0.25) is 0 Å². The van der Waals surface area contributed by atoms with E-state index in [-0.39, 0.29) is 5.82 Å². The van der Waals surface area contributed by atoms with Crippen LogP contribution in [0.5, 0.6) is 0 Å². The summed E-state index contributed by atoms with van der Waals surface area (Å²) in [6.45, 7) is 1.54. The Morgan fingerprint density at radius 1 is 0.947 bits per heavy atom. The molecule has 0 aliphatic rings. The Morgan fingerprint density at radius 2 is 1.79 bits per heavy atom. The molecule has 0 saturated heterocycles. The van der Waals surface area contributed by atoms with Gasteiger partial charge in [0.15, 0.2) is 0 Å². The summed E-state index contributed by atoms with van der Waals surface area (Å²) in [6.07, 6.45) is 1.95. The van der Waals surface area contributed by atoms with E-state index >= 15 is 0 Å². The van der Waals surface area contributed by atoms with Crippen LogP contribution >= 0.6 is 0 Å². The molecule has 3 heteroatoms. The first-order valence-electron chi connectivity index (χ1n) is 6.33. The van der Waals surface area contributed by atoms with Crippen LogP contribution in [-0.4, -0.2) is 4.98 Å². The van der Waals surface area contributed by atoms with Crippen LogP contribution in [0.1, 0.15) is 11.1 Å². The Hall–Kier alpha value is -2.13. The maximum absolute atomic E-state index is 12.8. The van der Waals surface area contributed by atoms with Gasteiger partial charge in [0.1, 0.15) is 5.82 Å². The fourth-order valence-corrected chi connectivity index (χ4v) is 2.25. The molecule has 0 atom stereocenters. The van der Waals surface area contributed by atoms with E-state index in [0.29, 0.717) is 0 Å². The smallest absolute Gasteiger partial charge is 0.123 e. The van der Waals surface area contributed by atoms with Gasteiger partial charge in [0.05, 0.1) is 0 Å². The van der Waals surface area contributed by atoms with E-state index in [1.807, 2.05) is 12.3 Å². The van der Waals surface area contributed by atoms with Gasteiger partial charge in [-0.2, -0.15) is 0 Å². The second-order valence-electron chi connectivity index (χ2n) is 4.59. The SMILES string of the molecule is Fc1ccc(CNCc2cccc3[nH]ccc23)cc1. The second kappa shape index (κ2) is 5.24. The Labute approximate surface area is 111 Å². The van der Waals surface area contributed by atoms with Crippen LogP contribution in [0.4, 0.5) is 4.39 Å². The first-order chi connectivity index (χ1) is 9.33. The molecule has 96 valence electrons. The number of aromatic nitrogens is 1. The largest absolute Gasteiger partial charge is 0.361 e. The van der Waals surface area contributed by atoms with Crippen molar-refractivity contribution in [1.29, 1.82) is 0 Å². The number of rotatable bonds is 4. The van der Waals surface area contributed by atoms with Crippen molar-refractivity contribution in [3.63, 3.8) is 0 Å². The zero-order valence-electron chi connectivity index (χ0n) is 10.5. The van der Waals surface area contributed by atoms with Crippen LogP contribution in [0.3, 0.4) is 0 Å². The monoisotopic (exact) mass is 254 g/mol. The van der Waals surface area contributed by atoms with Gasteiger partial charge in [-0.05, 0) is 35.4 Å². The van der Waals surface area contributed by atoms with Crippen LogP contribution in [0.15, 0.2) is 54.7 Å². The van der Waals surface area contributed by atoms with Crippen molar-refractivity contribution >= 4 is 10.9 Å². The molecule has 0 aliphatic heterocycles. The fourth-order valence-electron chi connectivity index (χ4n) is 2.25. The van der Waals surface area contributed by atoms with Crippen molar-refractivity contribution < 1.29 is 4.39 Å². The topological polar surface area (TPSA) is 27.8 Å². The summed E-state index contributed by atoms with van der Waals surface area (Å²) in [5.41, 5.74) is 3.50. The predicted octanol–water partition coefficient (Wildman–Crippen LogP) is 3.60. The summed E-state index contributed by atoms with van der Waals surface area (Å²) in [6, 6.07) is 14.9. The lowest BCUT2D eigenvalue weighted by Crippen LogP contribution is -2.12. The number of benzene rings is 2. The number of fused-ring (bicyclic) bond motifs is 1. The molecule has 2 nitrogen and oxygen atoms in total. The minimum atomic E-state index is -0.194. The van der Waals surface area contributed by atoms with Gasteiger partial charge in [-0.25, -0.2) is 4.39 Å². The highest BCUT2D eigenvalue weighted by Crippen LogP contribution is 2.17. The van der Waals surface area contributed by atoms with Crippen LogP contribution < -0.4 is 5.32 Å².